The van der Waals surface area contributed by atoms with E-state index in [1.165, 1.54) is 0 Å². The molecule has 2 amide bonds. The molecule has 1 aliphatic heterocycles. The van der Waals surface area contributed by atoms with Crippen LogP contribution >= 0.6 is 0 Å². The minimum Gasteiger partial charge on any atom is -0.388 e. The van der Waals surface area contributed by atoms with Gasteiger partial charge in [0, 0.05) is 37.8 Å². The molecular weight excluding hydrogens is 304 g/mol. The van der Waals surface area contributed by atoms with Crippen LogP contribution in [0.25, 0.3) is 0 Å². The summed E-state index contributed by atoms with van der Waals surface area (Å²) in [4.78, 5) is 28.1. The lowest BCUT2D eigenvalue weighted by atomic mass is 10.0. The molecule has 3 rings (SSSR count). The Kier molecular flexibility index (Phi) is 4.63. The molecule has 1 fully saturated rings. The molecule has 1 aromatic rings. The second-order valence-corrected chi connectivity index (χ2v) is 7.09. The Balaban J connectivity index is 1.73. The highest BCUT2D eigenvalue weighted by molar-refractivity contribution is 5.98. The van der Waals surface area contributed by atoms with Gasteiger partial charge in [0.2, 0.25) is 5.91 Å². The van der Waals surface area contributed by atoms with Crippen LogP contribution in [-0.2, 0) is 11.2 Å². The zero-order chi connectivity index (χ0) is 17.3. The van der Waals surface area contributed by atoms with Crippen molar-refractivity contribution in [3.05, 3.63) is 29.3 Å². The Morgan fingerprint density at radius 2 is 2.00 bits per heavy atom. The molecule has 0 bridgehead atoms. The highest BCUT2D eigenvalue weighted by Gasteiger charge is 2.34. The number of aliphatic hydroxyl groups is 1. The van der Waals surface area contributed by atoms with Gasteiger partial charge in [-0.1, -0.05) is 19.8 Å². The summed E-state index contributed by atoms with van der Waals surface area (Å²) in [5.74, 6) is 0.0480. The fraction of sp³-hybridized carbons (Fsp3) is 0.579. The van der Waals surface area contributed by atoms with E-state index >= 15 is 0 Å². The number of rotatable bonds is 4. The van der Waals surface area contributed by atoms with Crippen molar-refractivity contribution in [2.45, 2.75) is 51.0 Å². The third kappa shape index (κ3) is 3.18. The first kappa shape index (κ1) is 17.0. The second kappa shape index (κ2) is 6.55. The van der Waals surface area contributed by atoms with Crippen LogP contribution < -0.4 is 4.90 Å². The molecule has 0 saturated heterocycles. The number of likely N-dealkylation sites (N-methyl/N-ethyl adjacent to an activating group) is 1. The lowest BCUT2D eigenvalue weighted by Crippen LogP contribution is -2.42. The fourth-order valence-corrected chi connectivity index (χ4v) is 3.91. The zero-order valence-corrected chi connectivity index (χ0v) is 14.5. The molecule has 24 heavy (non-hydrogen) atoms. The molecule has 1 N–H and O–H groups in total. The van der Waals surface area contributed by atoms with Crippen molar-refractivity contribution < 1.29 is 14.7 Å². The van der Waals surface area contributed by atoms with Crippen molar-refractivity contribution in [3.8, 4) is 0 Å². The van der Waals surface area contributed by atoms with Crippen molar-refractivity contribution in [3.63, 3.8) is 0 Å². The Morgan fingerprint density at radius 1 is 1.29 bits per heavy atom. The highest BCUT2D eigenvalue weighted by Crippen LogP contribution is 2.32. The molecule has 1 aliphatic carbocycles. The molecule has 1 heterocycles. The van der Waals surface area contributed by atoms with Gasteiger partial charge in [0.25, 0.3) is 5.91 Å². The topological polar surface area (TPSA) is 60.9 Å². The van der Waals surface area contributed by atoms with Crippen molar-refractivity contribution in [2.24, 2.45) is 0 Å². The van der Waals surface area contributed by atoms with E-state index in [-0.39, 0.29) is 11.8 Å². The average molecular weight is 330 g/mol. The third-order valence-electron chi connectivity index (χ3n) is 5.24. The first-order valence-corrected chi connectivity index (χ1v) is 8.85. The number of benzene rings is 1. The third-order valence-corrected chi connectivity index (χ3v) is 5.24. The smallest absolute Gasteiger partial charge is 0.253 e. The van der Waals surface area contributed by atoms with Gasteiger partial charge < -0.3 is 14.9 Å². The second-order valence-electron chi connectivity index (χ2n) is 7.09. The van der Waals surface area contributed by atoms with Crippen molar-refractivity contribution in [1.82, 2.24) is 4.90 Å². The van der Waals surface area contributed by atoms with Crippen molar-refractivity contribution in [1.29, 1.82) is 0 Å². The number of carbonyl (C=O) groups excluding carboxylic acids is 2. The number of anilines is 1. The monoisotopic (exact) mass is 330 g/mol. The maximum atomic E-state index is 12.7. The Bertz CT molecular complexity index is 650. The van der Waals surface area contributed by atoms with Gasteiger partial charge >= 0.3 is 0 Å². The predicted molar refractivity (Wildman–Crippen MR) is 93.2 cm³/mol. The molecule has 130 valence electrons. The Hall–Kier alpha value is -1.88. The molecule has 1 aromatic carbocycles. The minimum atomic E-state index is -0.731. The molecule has 0 spiro atoms. The number of hydrogen-bond donors (Lipinski definition) is 1. The largest absolute Gasteiger partial charge is 0.388 e. The van der Waals surface area contributed by atoms with Crippen molar-refractivity contribution >= 4 is 17.5 Å². The Morgan fingerprint density at radius 3 is 2.67 bits per heavy atom. The summed E-state index contributed by atoms with van der Waals surface area (Å²) in [5, 5.41) is 10.5. The summed E-state index contributed by atoms with van der Waals surface area (Å²) in [7, 11) is 1.75. The standard InChI is InChI=1S/C19H26N2O3/c1-3-17(22)21-11-8-14-12-15(6-7-16(14)21)18(23)20(2)13-19(24)9-4-5-10-19/h6-7,12,24H,3-5,8-11,13H2,1-2H3. The normalized spacial score (nSPS) is 18.5. The zero-order valence-electron chi connectivity index (χ0n) is 14.5. The number of amides is 2. The van der Waals surface area contributed by atoms with Crippen LogP contribution in [0.1, 0.15) is 54.9 Å². The van der Waals surface area contributed by atoms with Crippen LogP contribution in [-0.4, -0.2) is 47.6 Å². The maximum absolute atomic E-state index is 12.7. The molecule has 2 aliphatic rings. The van der Waals surface area contributed by atoms with E-state index in [1.54, 1.807) is 22.9 Å². The maximum Gasteiger partial charge on any atom is 0.253 e. The molecule has 0 radical (unpaired) electrons. The van der Waals surface area contributed by atoms with E-state index < -0.39 is 5.60 Å². The lowest BCUT2D eigenvalue weighted by molar-refractivity contribution is -0.118. The molecule has 1 saturated carbocycles. The van der Waals surface area contributed by atoms with Crippen LogP contribution in [0.4, 0.5) is 5.69 Å². The SMILES string of the molecule is CCC(=O)N1CCc2cc(C(=O)N(C)CC3(O)CCCC3)ccc21. The Labute approximate surface area is 143 Å². The van der Waals surface area contributed by atoms with Crippen LogP contribution in [0.15, 0.2) is 18.2 Å². The van der Waals surface area contributed by atoms with Crippen LogP contribution in [0.5, 0.6) is 0 Å². The first-order valence-electron chi connectivity index (χ1n) is 8.85. The van der Waals surface area contributed by atoms with Gasteiger partial charge in [-0.15, -0.1) is 0 Å². The van der Waals surface area contributed by atoms with Gasteiger partial charge in [0.05, 0.1) is 5.60 Å². The van der Waals surface area contributed by atoms with Crippen LogP contribution in [0.2, 0.25) is 0 Å². The van der Waals surface area contributed by atoms with Gasteiger partial charge in [0.1, 0.15) is 0 Å². The highest BCUT2D eigenvalue weighted by atomic mass is 16.3. The quantitative estimate of drug-likeness (QED) is 0.922. The van der Waals surface area contributed by atoms with E-state index in [4.69, 9.17) is 0 Å². The number of fused-ring (bicyclic) bond motifs is 1. The predicted octanol–water partition coefficient (Wildman–Crippen LogP) is 2.36. The van der Waals surface area contributed by atoms with Crippen LogP contribution in [0, 0.1) is 0 Å². The summed E-state index contributed by atoms with van der Waals surface area (Å²) in [6, 6.07) is 5.56. The fourth-order valence-electron chi connectivity index (χ4n) is 3.91. The molecule has 5 nitrogen and oxygen atoms in total. The van der Waals surface area contributed by atoms with Gasteiger partial charge in [-0.05, 0) is 43.0 Å². The van der Waals surface area contributed by atoms with E-state index in [0.29, 0.717) is 25.1 Å². The summed E-state index contributed by atoms with van der Waals surface area (Å²) in [5.41, 5.74) is 1.88. The van der Waals surface area contributed by atoms with E-state index in [9.17, 15) is 14.7 Å². The minimum absolute atomic E-state index is 0.0709. The summed E-state index contributed by atoms with van der Waals surface area (Å²) >= 11 is 0. The van der Waals surface area contributed by atoms with E-state index in [1.807, 2.05) is 19.1 Å². The van der Waals surface area contributed by atoms with Gasteiger partial charge in [0.15, 0.2) is 0 Å². The molecular formula is C19H26N2O3. The number of carbonyl (C=O) groups is 2. The van der Waals surface area contributed by atoms with Crippen LogP contribution in [0.3, 0.4) is 0 Å². The molecule has 0 atom stereocenters. The summed E-state index contributed by atoms with van der Waals surface area (Å²) < 4.78 is 0. The van der Waals surface area contributed by atoms with E-state index in [2.05, 4.69) is 0 Å². The van der Waals surface area contributed by atoms with Gasteiger partial charge in [-0.2, -0.15) is 0 Å². The van der Waals surface area contributed by atoms with E-state index in [0.717, 1.165) is 43.4 Å². The van der Waals surface area contributed by atoms with Gasteiger partial charge in [-0.3, -0.25) is 9.59 Å². The summed E-state index contributed by atoms with van der Waals surface area (Å²) in [6.45, 7) is 2.93. The molecule has 0 unspecified atom stereocenters. The molecule has 0 aromatic heterocycles. The van der Waals surface area contributed by atoms with Crippen molar-refractivity contribution in [2.75, 3.05) is 25.0 Å². The molecule has 5 heteroatoms. The first-order chi connectivity index (χ1) is 11.4. The number of nitrogens with zero attached hydrogens (tertiary/aromatic N) is 2. The number of hydrogen-bond acceptors (Lipinski definition) is 3. The summed E-state index contributed by atoms with van der Waals surface area (Å²) in [6.07, 6.45) is 4.86. The average Bonchev–Trinajstić information content (AvgIpc) is 3.19. The van der Waals surface area contributed by atoms with Gasteiger partial charge in [-0.25, -0.2) is 0 Å². The lowest BCUT2D eigenvalue weighted by Gasteiger charge is -2.28.